The van der Waals surface area contributed by atoms with Gasteiger partial charge in [-0.15, -0.1) is 0 Å². The molecule has 0 amide bonds. The first-order chi connectivity index (χ1) is 7.27. The molecular formula is C11H16BrNO2. The van der Waals surface area contributed by atoms with E-state index in [1.807, 2.05) is 12.1 Å². The SMILES string of the molecule is COCCNCc1ccc(OC)c(Br)c1. The van der Waals surface area contributed by atoms with Crippen LogP contribution < -0.4 is 10.1 Å². The molecule has 0 unspecified atom stereocenters. The molecule has 0 aliphatic carbocycles. The lowest BCUT2D eigenvalue weighted by Crippen LogP contribution is -2.18. The van der Waals surface area contributed by atoms with Gasteiger partial charge in [-0.3, -0.25) is 0 Å². The molecule has 0 radical (unpaired) electrons. The highest BCUT2D eigenvalue weighted by Gasteiger charge is 2.00. The Hall–Kier alpha value is -0.580. The van der Waals surface area contributed by atoms with Crippen LogP contribution in [-0.2, 0) is 11.3 Å². The minimum Gasteiger partial charge on any atom is -0.496 e. The van der Waals surface area contributed by atoms with Crippen molar-refractivity contribution in [3.05, 3.63) is 28.2 Å². The van der Waals surface area contributed by atoms with Crippen molar-refractivity contribution in [1.82, 2.24) is 5.32 Å². The van der Waals surface area contributed by atoms with Crippen molar-refractivity contribution in [2.45, 2.75) is 6.54 Å². The molecule has 0 aliphatic rings. The van der Waals surface area contributed by atoms with E-state index in [-0.39, 0.29) is 0 Å². The molecule has 15 heavy (non-hydrogen) atoms. The molecule has 0 saturated heterocycles. The number of methoxy groups -OCH3 is 2. The zero-order valence-corrected chi connectivity index (χ0v) is 10.6. The molecule has 0 bridgehead atoms. The van der Waals surface area contributed by atoms with E-state index in [1.54, 1.807) is 14.2 Å². The second-order valence-corrected chi connectivity index (χ2v) is 3.99. The van der Waals surface area contributed by atoms with Crippen molar-refractivity contribution in [2.24, 2.45) is 0 Å². The summed E-state index contributed by atoms with van der Waals surface area (Å²) in [4.78, 5) is 0. The summed E-state index contributed by atoms with van der Waals surface area (Å²) in [6.07, 6.45) is 0. The fourth-order valence-electron chi connectivity index (χ4n) is 1.23. The Kier molecular flexibility index (Phi) is 5.68. The van der Waals surface area contributed by atoms with Gasteiger partial charge in [0.2, 0.25) is 0 Å². The molecule has 0 atom stereocenters. The third kappa shape index (κ3) is 4.20. The quantitative estimate of drug-likeness (QED) is 0.807. The van der Waals surface area contributed by atoms with Crippen molar-refractivity contribution in [2.75, 3.05) is 27.4 Å². The second-order valence-electron chi connectivity index (χ2n) is 3.14. The summed E-state index contributed by atoms with van der Waals surface area (Å²) in [6, 6.07) is 6.06. The number of ether oxygens (including phenoxy) is 2. The van der Waals surface area contributed by atoms with Crippen molar-refractivity contribution >= 4 is 15.9 Å². The number of benzene rings is 1. The van der Waals surface area contributed by atoms with Gasteiger partial charge in [0.15, 0.2) is 0 Å². The molecule has 1 N–H and O–H groups in total. The van der Waals surface area contributed by atoms with Gasteiger partial charge in [-0.05, 0) is 33.6 Å². The maximum Gasteiger partial charge on any atom is 0.133 e. The smallest absolute Gasteiger partial charge is 0.133 e. The molecule has 0 fully saturated rings. The van der Waals surface area contributed by atoms with Crippen LogP contribution in [0, 0.1) is 0 Å². The standard InChI is InChI=1S/C11H16BrNO2/c1-14-6-5-13-8-9-3-4-11(15-2)10(12)7-9/h3-4,7,13H,5-6,8H2,1-2H3. The molecule has 1 rings (SSSR count). The molecule has 0 aliphatic heterocycles. The van der Waals surface area contributed by atoms with Gasteiger partial charge in [0.25, 0.3) is 0 Å². The number of rotatable bonds is 6. The molecule has 3 nitrogen and oxygen atoms in total. The Morgan fingerprint density at radius 1 is 1.33 bits per heavy atom. The van der Waals surface area contributed by atoms with Gasteiger partial charge in [-0.25, -0.2) is 0 Å². The average molecular weight is 274 g/mol. The topological polar surface area (TPSA) is 30.5 Å². The third-order valence-electron chi connectivity index (χ3n) is 2.03. The number of hydrogen-bond donors (Lipinski definition) is 1. The summed E-state index contributed by atoms with van der Waals surface area (Å²) in [5.74, 6) is 0.857. The van der Waals surface area contributed by atoms with Crippen molar-refractivity contribution in [1.29, 1.82) is 0 Å². The molecular weight excluding hydrogens is 258 g/mol. The Balaban J connectivity index is 2.45. The molecule has 1 aromatic carbocycles. The van der Waals surface area contributed by atoms with Crippen LogP contribution in [0.4, 0.5) is 0 Å². The lowest BCUT2D eigenvalue weighted by molar-refractivity contribution is 0.199. The van der Waals surface area contributed by atoms with Crippen molar-refractivity contribution < 1.29 is 9.47 Å². The predicted octanol–water partition coefficient (Wildman–Crippen LogP) is 2.19. The summed E-state index contributed by atoms with van der Waals surface area (Å²) in [7, 11) is 3.36. The van der Waals surface area contributed by atoms with Crippen LogP contribution in [0.25, 0.3) is 0 Å². The van der Waals surface area contributed by atoms with Gasteiger partial charge in [0.1, 0.15) is 5.75 Å². The maximum absolute atomic E-state index is 5.16. The van der Waals surface area contributed by atoms with Gasteiger partial charge >= 0.3 is 0 Å². The van der Waals surface area contributed by atoms with Crippen LogP contribution in [0.3, 0.4) is 0 Å². The first-order valence-corrected chi connectivity index (χ1v) is 5.59. The van der Waals surface area contributed by atoms with E-state index in [2.05, 4.69) is 27.3 Å². The lowest BCUT2D eigenvalue weighted by Gasteiger charge is -2.07. The van der Waals surface area contributed by atoms with E-state index < -0.39 is 0 Å². The maximum atomic E-state index is 5.16. The van der Waals surface area contributed by atoms with Crippen LogP contribution in [0.1, 0.15) is 5.56 Å². The minimum absolute atomic E-state index is 0.733. The van der Waals surface area contributed by atoms with Crippen molar-refractivity contribution in [3.63, 3.8) is 0 Å². The first kappa shape index (κ1) is 12.5. The molecule has 1 aromatic rings. The predicted molar refractivity (Wildman–Crippen MR) is 64.3 cm³/mol. The van der Waals surface area contributed by atoms with Crippen LogP contribution in [0.2, 0.25) is 0 Å². The normalized spacial score (nSPS) is 10.3. The van der Waals surface area contributed by atoms with E-state index in [4.69, 9.17) is 9.47 Å². The largest absolute Gasteiger partial charge is 0.496 e. The Labute approximate surface area is 98.9 Å². The molecule has 0 aromatic heterocycles. The highest BCUT2D eigenvalue weighted by atomic mass is 79.9. The Bertz CT molecular complexity index is 305. The summed E-state index contributed by atoms with van der Waals surface area (Å²) in [5, 5.41) is 3.28. The third-order valence-corrected chi connectivity index (χ3v) is 2.65. The van der Waals surface area contributed by atoms with Gasteiger partial charge in [-0.2, -0.15) is 0 Å². The van der Waals surface area contributed by atoms with Gasteiger partial charge in [0.05, 0.1) is 18.2 Å². The molecule has 84 valence electrons. The van der Waals surface area contributed by atoms with Crippen LogP contribution in [0.5, 0.6) is 5.75 Å². The molecule has 0 heterocycles. The molecule has 0 saturated carbocycles. The number of halogens is 1. The second kappa shape index (κ2) is 6.82. The zero-order valence-electron chi connectivity index (χ0n) is 9.05. The number of nitrogens with one attached hydrogen (secondary N) is 1. The minimum atomic E-state index is 0.733. The van der Waals surface area contributed by atoms with Gasteiger partial charge in [-0.1, -0.05) is 6.07 Å². The fraction of sp³-hybridized carbons (Fsp3) is 0.455. The lowest BCUT2D eigenvalue weighted by atomic mass is 10.2. The number of hydrogen-bond acceptors (Lipinski definition) is 3. The highest BCUT2D eigenvalue weighted by Crippen LogP contribution is 2.25. The van der Waals surface area contributed by atoms with Gasteiger partial charge in [0, 0.05) is 20.2 Å². The average Bonchev–Trinajstić information content (AvgIpc) is 2.25. The first-order valence-electron chi connectivity index (χ1n) is 4.80. The summed E-state index contributed by atoms with van der Waals surface area (Å²) in [5.41, 5.74) is 1.22. The molecule has 0 spiro atoms. The van der Waals surface area contributed by atoms with E-state index in [0.29, 0.717) is 0 Å². The fourth-order valence-corrected chi connectivity index (χ4v) is 1.81. The van der Waals surface area contributed by atoms with Gasteiger partial charge < -0.3 is 14.8 Å². The Morgan fingerprint density at radius 3 is 2.73 bits per heavy atom. The van der Waals surface area contributed by atoms with Crippen LogP contribution in [-0.4, -0.2) is 27.4 Å². The van der Waals surface area contributed by atoms with E-state index in [0.717, 1.165) is 29.9 Å². The summed E-state index contributed by atoms with van der Waals surface area (Å²) in [6.45, 7) is 2.43. The monoisotopic (exact) mass is 273 g/mol. The summed E-state index contributed by atoms with van der Waals surface area (Å²) >= 11 is 3.45. The van der Waals surface area contributed by atoms with E-state index in [1.165, 1.54) is 5.56 Å². The van der Waals surface area contributed by atoms with Crippen molar-refractivity contribution in [3.8, 4) is 5.75 Å². The van der Waals surface area contributed by atoms with Crippen LogP contribution in [0.15, 0.2) is 22.7 Å². The van der Waals surface area contributed by atoms with E-state index in [9.17, 15) is 0 Å². The highest BCUT2D eigenvalue weighted by molar-refractivity contribution is 9.10. The van der Waals surface area contributed by atoms with Crippen LogP contribution >= 0.6 is 15.9 Å². The Morgan fingerprint density at radius 2 is 2.13 bits per heavy atom. The summed E-state index contributed by atoms with van der Waals surface area (Å²) < 4.78 is 11.1. The molecule has 4 heteroatoms. The zero-order chi connectivity index (χ0) is 11.1. The van der Waals surface area contributed by atoms with E-state index >= 15 is 0 Å².